The zero-order valence-corrected chi connectivity index (χ0v) is 17.6. The fourth-order valence-electron chi connectivity index (χ4n) is 4.18. The van der Waals surface area contributed by atoms with Gasteiger partial charge in [-0.15, -0.1) is 13.2 Å². The van der Waals surface area contributed by atoms with Gasteiger partial charge in [-0.1, -0.05) is 12.2 Å². The number of carbonyl (C=O) groups is 3. The van der Waals surface area contributed by atoms with E-state index >= 15 is 0 Å². The number of ether oxygens (including phenoxy) is 1. The summed E-state index contributed by atoms with van der Waals surface area (Å²) in [6.07, 6.45) is 6.39. The lowest BCUT2D eigenvalue weighted by atomic mass is 9.93. The predicted molar refractivity (Wildman–Crippen MR) is 110 cm³/mol. The van der Waals surface area contributed by atoms with E-state index in [-0.39, 0.29) is 37.2 Å². The molecule has 2 rings (SSSR count). The Morgan fingerprint density at radius 3 is 2.52 bits per heavy atom. The molecule has 0 spiro atoms. The third-order valence-corrected chi connectivity index (χ3v) is 6.00. The van der Waals surface area contributed by atoms with Gasteiger partial charge in [0.25, 0.3) is 0 Å². The minimum atomic E-state index is -1.09. The van der Waals surface area contributed by atoms with E-state index in [1.54, 1.807) is 24.9 Å². The van der Waals surface area contributed by atoms with E-state index in [1.165, 1.54) is 0 Å². The van der Waals surface area contributed by atoms with Crippen LogP contribution in [-0.2, 0) is 19.1 Å². The number of aliphatic hydroxyl groups is 1. The fraction of sp³-hybridized carbons (Fsp3) is 0.682. The number of rotatable bonds is 11. The van der Waals surface area contributed by atoms with Crippen LogP contribution in [0.1, 0.15) is 45.4 Å². The normalized spacial score (nSPS) is 30.3. The third kappa shape index (κ3) is 5.26. The number of hydrogen-bond acceptors (Lipinski definition) is 5. The van der Waals surface area contributed by atoms with Crippen LogP contribution in [0.15, 0.2) is 25.3 Å². The van der Waals surface area contributed by atoms with Gasteiger partial charge in [0.2, 0.25) is 11.8 Å². The van der Waals surface area contributed by atoms with Crippen molar-refractivity contribution < 1.29 is 24.2 Å². The largest absolute Gasteiger partial charge is 0.464 e. The first-order chi connectivity index (χ1) is 13.8. The van der Waals surface area contributed by atoms with Gasteiger partial charge >= 0.3 is 5.97 Å². The van der Waals surface area contributed by atoms with Crippen molar-refractivity contribution in [2.24, 2.45) is 17.8 Å². The minimum absolute atomic E-state index is 0.137. The molecular weight excluding hydrogens is 372 g/mol. The van der Waals surface area contributed by atoms with Crippen molar-refractivity contribution in [3.63, 3.8) is 0 Å². The van der Waals surface area contributed by atoms with Crippen LogP contribution in [0.25, 0.3) is 0 Å². The maximum Gasteiger partial charge on any atom is 0.332 e. The van der Waals surface area contributed by atoms with Crippen LogP contribution in [0.2, 0.25) is 0 Å². The highest BCUT2D eigenvalue weighted by molar-refractivity contribution is 5.94. The summed E-state index contributed by atoms with van der Waals surface area (Å²) < 4.78 is 5.13. The molecule has 0 radical (unpaired) electrons. The SMILES string of the molecule is C=CCCCCN(C)C(=O)C1C[C@@H](O)C[C@H]1C(=O)N[C@]1(C(=O)OCC)C[C@H]1C=C. The molecule has 1 unspecified atom stereocenters. The van der Waals surface area contributed by atoms with Crippen LogP contribution in [0.4, 0.5) is 0 Å². The average molecular weight is 407 g/mol. The molecule has 0 aromatic rings. The zero-order valence-electron chi connectivity index (χ0n) is 17.6. The highest BCUT2D eigenvalue weighted by atomic mass is 16.5. The van der Waals surface area contributed by atoms with E-state index in [2.05, 4.69) is 18.5 Å². The van der Waals surface area contributed by atoms with Crippen LogP contribution in [0, 0.1) is 17.8 Å². The molecule has 2 aliphatic rings. The van der Waals surface area contributed by atoms with E-state index in [0.29, 0.717) is 13.0 Å². The number of amides is 2. The highest BCUT2D eigenvalue weighted by Crippen LogP contribution is 2.46. The summed E-state index contributed by atoms with van der Waals surface area (Å²) in [5.41, 5.74) is -1.09. The molecule has 2 aliphatic carbocycles. The van der Waals surface area contributed by atoms with E-state index in [4.69, 9.17) is 4.74 Å². The van der Waals surface area contributed by atoms with Gasteiger partial charge in [0, 0.05) is 19.5 Å². The lowest BCUT2D eigenvalue weighted by Gasteiger charge is -2.26. The second-order valence-electron chi connectivity index (χ2n) is 8.11. The summed E-state index contributed by atoms with van der Waals surface area (Å²) >= 11 is 0. The molecule has 2 saturated carbocycles. The number of aliphatic hydroxyl groups excluding tert-OH is 1. The zero-order chi connectivity index (χ0) is 21.6. The molecule has 2 N–H and O–H groups in total. The number of esters is 1. The molecule has 7 nitrogen and oxygen atoms in total. The number of carbonyl (C=O) groups excluding carboxylic acids is 3. The van der Waals surface area contributed by atoms with Crippen molar-refractivity contribution in [3.8, 4) is 0 Å². The van der Waals surface area contributed by atoms with Crippen molar-refractivity contribution in [2.45, 2.75) is 57.1 Å². The van der Waals surface area contributed by atoms with Crippen molar-refractivity contribution in [3.05, 3.63) is 25.3 Å². The molecule has 0 bridgehead atoms. The van der Waals surface area contributed by atoms with Crippen LogP contribution in [-0.4, -0.2) is 59.6 Å². The molecular formula is C22H34N2O5. The maximum atomic E-state index is 13.0. The Morgan fingerprint density at radius 2 is 1.93 bits per heavy atom. The summed E-state index contributed by atoms with van der Waals surface area (Å²) in [6, 6.07) is 0. The van der Waals surface area contributed by atoms with Crippen molar-refractivity contribution >= 4 is 17.8 Å². The van der Waals surface area contributed by atoms with E-state index in [1.807, 2.05) is 6.08 Å². The Balaban J connectivity index is 2.04. The minimum Gasteiger partial charge on any atom is -0.464 e. The molecule has 0 saturated heterocycles. The van der Waals surface area contributed by atoms with E-state index < -0.39 is 29.4 Å². The quantitative estimate of drug-likeness (QED) is 0.310. The summed E-state index contributed by atoms with van der Waals surface area (Å²) in [5.74, 6) is -2.42. The number of hydrogen-bond donors (Lipinski definition) is 2. The summed E-state index contributed by atoms with van der Waals surface area (Å²) in [5, 5.41) is 13.0. The average Bonchev–Trinajstić information content (AvgIpc) is 3.27. The van der Waals surface area contributed by atoms with Gasteiger partial charge < -0.3 is 20.1 Å². The van der Waals surface area contributed by atoms with Gasteiger partial charge in [-0.2, -0.15) is 0 Å². The standard InChI is InChI=1S/C22H34N2O5/c1-5-8-9-10-11-24(4)20(27)18-13-16(25)12-17(18)19(26)23-22(14-15(22)6-2)21(28)29-7-3/h5-6,15-18,25H,1-2,7-14H2,3-4H3,(H,23,26)/t15-,16+,17-,18?,22-/m1/s1. The number of nitrogens with zero attached hydrogens (tertiary/aromatic N) is 1. The first kappa shape index (κ1) is 23.1. The van der Waals surface area contributed by atoms with Gasteiger partial charge in [-0.05, 0) is 45.4 Å². The first-order valence-electron chi connectivity index (χ1n) is 10.5. The topological polar surface area (TPSA) is 95.9 Å². The molecule has 5 atom stereocenters. The summed E-state index contributed by atoms with van der Waals surface area (Å²) in [6.45, 7) is 9.94. The lowest BCUT2D eigenvalue weighted by Crippen LogP contribution is -2.50. The smallest absolute Gasteiger partial charge is 0.332 e. The van der Waals surface area contributed by atoms with Crippen LogP contribution < -0.4 is 5.32 Å². The molecule has 162 valence electrons. The Hall–Kier alpha value is -2.15. The Bertz CT molecular complexity index is 649. The molecule has 29 heavy (non-hydrogen) atoms. The van der Waals surface area contributed by atoms with Crippen molar-refractivity contribution in [1.29, 1.82) is 0 Å². The molecule has 2 amide bonds. The van der Waals surface area contributed by atoms with Crippen LogP contribution in [0.5, 0.6) is 0 Å². The third-order valence-electron chi connectivity index (χ3n) is 6.00. The Labute approximate surface area is 173 Å². The fourth-order valence-corrected chi connectivity index (χ4v) is 4.18. The van der Waals surface area contributed by atoms with Gasteiger partial charge in [0.1, 0.15) is 5.54 Å². The van der Waals surface area contributed by atoms with Crippen LogP contribution in [0.3, 0.4) is 0 Å². The van der Waals surface area contributed by atoms with Crippen molar-refractivity contribution in [1.82, 2.24) is 10.2 Å². The van der Waals surface area contributed by atoms with Gasteiger partial charge in [-0.3, -0.25) is 9.59 Å². The second-order valence-corrected chi connectivity index (χ2v) is 8.11. The number of nitrogens with one attached hydrogen (secondary N) is 1. The molecule has 0 aromatic carbocycles. The van der Waals surface area contributed by atoms with E-state index in [9.17, 15) is 19.5 Å². The highest BCUT2D eigenvalue weighted by Gasteiger charge is 2.62. The Kier molecular flexibility index (Phi) is 8.02. The molecule has 2 fully saturated rings. The monoisotopic (exact) mass is 406 g/mol. The predicted octanol–water partition coefficient (Wildman–Crippen LogP) is 1.81. The molecule has 0 aliphatic heterocycles. The number of allylic oxidation sites excluding steroid dienone is 1. The second kappa shape index (κ2) is 10.1. The van der Waals surface area contributed by atoms with Gasteiger partial charge in [0.15, 0.2) is 0 Å². The van der Waals surface area contributed by atoms with Crippen LogP contribution >= 0.6 is 0 Å². The molecule has 7 heteroatoms. The molecule has 0 heterocycles. The number of unbranched alkanes of at least 4 members (excludes halogenated alkanes) is 2. The Morgan fingerprint density at radius 1 is 1.24 bits per heavy atom. The van der Waals surface area contributed by atoms with E-state index in [0.717, 1.165) is 19.3 Å². The summed E-state index contributed by atoms with van der Waals surface area (Å²) in [4.78, 5) is 39.9. The van der Waals surface area contributed by atoms with Gasteiger partial charge in [-0.25, -0.2) is 4.79 Å². The maximum absolute atomic E-state index is 13.0. The van der Waals surface area contributed by atoms with Crippen molar-refractivity contribution in [2.75, 3.05) is 20.2 Å². The van der Waals surface area contributed by atoms with Gasteiger partial charge in [0.05, 0.1) is 24.5 Å². The first-order valence-corrected chi connectivity index (χ1v) is 10.5. The summed E-state index contributed by atoms with van der Waals surface area (Å²) in [7, 11) is 1.73. The lowest BCUT2D eigenvalue weighted by molar-refractivity contribution is -0.150. The molecule has 0 aromatic heterocycles.